The standard InChI is InChI=1S/C15H16N2O.ClH/c1-12-6-8-17(9-7-12)11-15(18)16-14-5-3-4-13(2)10-14;/h3-10H,11H2,1-2H3;1H. The van der Waals surface area contributed by atoms with E-state index in [1.165, 1.54) is 5.56 Å². The lowest BCUT2D eigenvalue weighted by molar-refractivity contribution is -0.684. The fourth-order valence-electron chi connectivity index (χ4n) is 1.73. The molecule has 1 N–H and O–H groups in total. The summed E-state index contributed by atoms with van der Waals surface area (Å²) in [6, 6.07) is 11.8. The average molecular weight is 277 g/mol. The lowest BCUT2D eigenvalue weighted by atomic mass is 10.2. The number of carbonyl (C=O) groups is 1. The van der Waals surface area contributed by atoms with Gasteiger partial charge in [-0.05, 0) is 37.1 Å². The van der Waals surface area contributed by atoms with E-state index in [4.69, 9.17) is 0 Å². The van der Waals surface area contributed by atoms with Crippen LogP contribution in [0.4, 0.5) is 5.69 Å². The summed E-state index contributed by atoms with van der Waals surface area (Å²) >= 11 is 0. The molecule has 0 aliphatic rings. The van der Waals surface area contributed by atoms with Crippen LogP contribution in [0.2, 0.25) is 0 Å². The molecule has 1 aromatic heterocycles. The molecular weight excluding hydrogens is 260 g/mol. The number of aryl methyl sites for hydroxylation is 2. The molecule has 3 nitrogen and oxygen atoms in total. The minimum Gasteiger partial charge on any atom is -1.00 e. The molecule has 0 bridgehead atoms. The van der Waals surface area contributed by atoms with E-state index in [9.17, 15) is 4.79 Å². The van der Waals surface area contributed by atoms with Crippen molar-refractivity contribution in [3.05, 3.63) is 59.9 Å². The summed E-state index contributed by atoms with van der Waals surface area (Å²) in [6.07, 6.45) is 3.82. The van der Waals surface area contributed by atoms with Crippen molar-refractivity contribution in [2.24, 2.45) is 0 Å². The number of nitrogens with one attached hydrogen (secondary N) is 1. The van der Waals surface area contributed by atoms with Gasteiger partial charge < -0.3 is 17.7 Å². The van der Waals surface area contributed by atoms with Crippen LogP contribution in [-0.2, 0) is 11.3 Å². The van der Waals surface area contributed by atoms with Gasteiger partial charge in [0.05, 0.1) is 0 Å². The zero-order chi connectivity index (χ0) is 13.0. The third-order valence-electron chi connectivity index (χ3n) is 2.69. The average Bonchev–Trinajstić information content (AvgIpc) is 2.32. The molecule has 0 aliphatic heterocycles. The molecule has 0 fully saturated rings. The Balaban J connectivity index is 0.00000180. The predicted molar refractivity (Wildman–Crippen MR) is 71.2 cm³/mol. The molecule has 0 saturated heterocycles. The number of benzene rings is 1. The highest BCUT2D eigenvalue weighted by Gasteiger charge is 2.08. The number of carbonyl (C=O) groups excluding carboxylic acids is 1. The normalized spacial score (nSPS) is 9.58. The number of aromatic nitrogens is 1. The first kappa shape index (κ1) is 15.2. The summed E-state index contributed by atoms with van der Waals surface area (Å²) in [5.74, 6) is -0.0190. The number of hydrogen-bond donors (Lipinski definition) is 1. The first-order valence-electron chi connectivity index (χ1n) is 5.96. The molecule has 1 aromatic carbocycles. The molecule has 19 heavy (non-hydrogen) atoms. The van der Waals surface area contributed by atoms with Gasteiger partial charge in [0.25, 0.3) is 5.91 Å². The number of nitrogens with zero attached hydrogens (tertiary/aromatic N) is 1. The molecule has 0 atom stereocenters. The summed E-state index contributed by atoms with van der Waals surface area (Å²) in [7, 11) is 0. The van der Waals surface area contributed by atoms with Gasteiger partial charge in [-0.1, -0.05) is 12.1 Å². The summed E-state index contributed by atoms with van der Waals surface area (Å²) in [6.45, 7) is 4.36. The largest absolute Gasteiger partial charge is 1.00 e. The fraction of sp³-hybridized carbons (Fsp3) is 0.200. The van der Waals surface area contributed by atoms with Gasteiger partial charge in [0.1, 0.15) is 0 Å². The zero-order valence-electron chi connectivity index (χ0n) is 11.1. The van der Waals surface area contributed by atoms with E-state index in [0.29, 0.717) is 6.54 Å². The van der Waals surface area contributed by atoms with Crippen LogP contribution in [0, 0.1) is 13.8 Å². The molecule has 2 rings (SSSR count). The summed E-state index contributed by atoms with van der Waals surface area (Å²) in [4.78, 5) is 11.8. The number of hydrogen-bond acceptors (Lipinski definition) is 1. The van der Waals surface area contributed by atoms with Crippen molar-refractivity contribution in [2.75, 3.05) is 5.32 Å². The van der Waals surface area contributed by atoms with E-state index < -0.39 is 0 Å². The predicted octanol–water partition coefficient (Wildman–Crippen LogP) is -0.766. The van der Waals surface area contributed by atoms with Crippen molar-refractivity contribution in [1.82, 2.24) is 0 Å². The SMILES string of the molecule is Cc1cc[n+](CC(=O)Nc2cccc(C)c2)cc1.[Cl-]. The second-order valence-corrected chi connectivity index (χ2v) is 4.47. The minimum absolute atomic E-state index is 0. The van der Waals surface area contributed by atoms with Gasteiger partial charge in [-0.15, -0.1) is 0 Å². The number of amides is 1. The zero-order valence-corrected chi connectivity index (χ0v) is 11.8. The molecule has 0 saturated carbocycles. The topological polar surface area (TPSA) is 33.0 Å². The van der Waals surface area contributed by atoms with Gasteiger partial charge in [-0.3, -0.25) is 4.79 Å². The highest BCUT2D eigenvalue weighted by Crippen LogP contribution is 2.08. The molecule has 0 spiro atoms. The fourth-order valence-corrected chi connectivity index (χ4v) is 1.73. The first-order chi connectivity index (χ1) is 8.63. The Morgan fingerprint density at radius 2 is 1.79 bits per heavy atom. The van der Waals surface area contributed by atoms with Gasteiger partial charge in [-0.2, -0.15) is 4.57 Å². The van der Waals surface area contributed by atoms with Crippen LogP contribution in [0.1, 0.15) is 11.1 Å². The highest BCUT2D eigenvalue weighted by atomic mass is 35.5. The maximum Gasteiger partial charge on any atom is 0.290 e. The molecule has 2 aromatic rings. The van der Waals surface area contributed by atoms with Crippen molar-refractivity contribution in [3.8, 4) is 0 Å². The van der Waals surface area contributed by atoms with E-state index >= 15 is 0 Å². The second-order valence-electron chi connectivity index (χ2n) is 4.47. The van der Waals surface area contributed by atoms with E-state index in [1.807, 2.05) is 67.2 Å². The van der Waals surface area contributed by atoms with E-state index in [2.05, 4.69) is 5.32 Å². The number of pyridine rings is 1. The van der Waals surface area contributed by atoms with Crippen molar-refractivity contribution in [2.45, 2.75) is 20.4 Å². The third-order valence-corrected chi connectivity index (χ3v) is 2.69. The third kappa shape index (κ3) is 4.72. The summed E-state index contributed by atoms with van der Waals surface area (Å²) in [5.41, 5.74) is 3.16. The van der Waals surface area contributed by atoms with Crippen molar-refractivity contribution in [3.63, 3.8) is 0 Å². The van der Waals surface area contributed by atoms with Crippen LogP contribution in [0.15, 0.2) is 48.8 Å². The second kappa shape index (κ2) is 6.90. The minimum atomic E-state index is -0.0190. The van der Waals surface area contributed by atoms with Crippen molar-refractivity contribution in [1.29, 1.82) is 0 Å². The molecule has 1 amide bonds. The Morgan fingerprint density at radius 1 is 1.11 bits per heavy atom. The van der Waals surface area contributed by atoms with Crippen LogP contribution in [0.25, 0.3) is 0 Å². The number of anilines is 1. The Kier molecular flexibility index (Phi) is 5.52. The maximum absolute atomic E-state index is 11.8. The van der Waals surface area contributed by atoms with Gasteiger partial charge in [0.15, 0.2) is 12.4 Å². The van der Waals surface area contributed by atoms with E-state index in [-0.39, 0.29) is 18.3 Å². The molecule has 0 unspecified atom stereocenters. The van der Waals surface area contributed by atoms with Crippen LogP contribution in [-0.4, -0.2) is 5.91 Å². The number of rotatable bonds is 3. The van der Waals surface area contributed by atoms with Gasteiger partial charge in [0.2, 0.25) is 6.54 Å². The number of halogens is 1. The van der Waals surface area contributed by atoms with Crippen LogP contribution in [0.5, 0.6) is 0 Å². The van der Waals surface area contributed by atoms with Gasteiger partial charge >= 0.3 is 0 Å². The molecule has 4 heteroatoms. The Hall–Kier alpha value is -1.87. The quantitative estimate of drug-likeness (QED) is 0.734. The lowest BCUT2D eigenvalue weighted by Gasteiger charge is -2.03. The Labute approximate surface area is 119 Å². The molecule has 0 aliphatic carbocycles. The van der Waals surface area contributed by atoms with E-state index in [1.54, 1.807) is 0 Å². The molecular formula is C15H17ClN2O. The molecule has 100 valence electrons. The van der Waals surface area contributed by atoms with Crippen LogP contribution >= 0.6 is 0 Å². The van der Waals surface area contributed by atoms with Crippen LogP contribution < -0.4 is 22.3 Å². The summed E-state index contributed by atoms with van der Waals surface area (Å²) in [5, 5.41) is 2.89. The summed E-state index contributed by atoms with van der Waals surface area (Å²) < 4.78 is 1.86. The van der Waals surface area contributed by atoms with Gasteiger partial charge in [0, 0.05) is 17.8 Å². The maximum atomic E-state index is 11.8. The first-order valence-corrected chi connectivity index (χ1v) is 5.96. The Bertz CT molecular complexity index is 552. The van der Waals surface area contributed by atoms with Crippen molar-refractivity contribution >= 4 is 11.6 Å². The van der Waals surface area contributed by atoms with Gasteiger partial charge in [-0.25, -0.2) is 0 Å². The Morgan fingerprint density at radius 3 is 2.42 bits per heavy atom. The van der Waals surface area contributed by atoms with Crippen LogP contribution in [0.3, 0.4) is 0 Å². The monoisotopic (exact) mass is 276 g/mol. The smallest absolute Gasteiger partial charge is 0.290 e. The molecule has 0 radical (unpaired) electrons. The molecule has 1 heterocycles. The van der Waals surface area contributed by atoms with Crippen molar-refractivity contribution < 1.29 is 21.8 Å². The lowest BCUT2D eigenvalue weighted by Crippen LogP contribution is -3.00. The highest BCUT2D eigenvalue weighted by molar-refractivity contribution is 5.89. The van der Waals surface area contributed by atoms with E-state index in [0.717, 1.165) is 11.3 Å².